The fourth-order valence-electron chi connectivity index (χ4n) is 5.02. The summed E-state index contributed by atoms with van der Waals surface area (Å²) in [6, 6.07) is 33.8. The van der Waals surface area contributed by atoms with Crippen LogP contribution in [0.4, 0.5) is 0 Å². The van der Waals surface area contributed by atoms with Crippen LogP contribution in [-0.4, -0.2) is 50.3 Å². The third-order valence-corrected chi connectivity index (χ3v) is 7.91. The zero-order chi connectivity index (χ0) is 34.2. The third-order valence-electron chi connectivity index (χ3n) is 7.32. The maximum atomic E-state index is 8.58. The van der Waals surface area contributed by atoms with E-state index in [2.05, 4.69) is 19.9 Å². The molecule has 254 valence electrons. The van der Waals surface area contributed by atoms with E-state index >= 15 is 0 Å². The van der Waals surface area contributed by atoms with E-state index in [1.54, 1.807) is 24.3 Å². The molecule has 0 bridgehead atoms. The molecule has 1 aliphatic heterocycles. The number of para-hydroxylation sites is 2. The fourth-order valence-corrected chi connectivity index (χ4v) is 5.61. The van der Waals surface area contributed by atoms with E-state index in [1.807, 2.05) is 84.9 Å². The van der Waals surface area contributed by atoms with E-state index in [0.717, 1.165) is 51.9 Å². The summed E-state index contributed by atoms with van der Waals surface area (Å²) in [6.07, 6.45) is 2.56. The van der Waals surface area contributed by atoms with Crippen molar-refractivity contribution in [3.8, 4) is 11.3 Å². The van der Waals surface area contributed by atoms with Crippen LogP contribution in [-0.2, 0) is 4.74 Å². The van der Waals surface area contributed by atoms with Crippen LogP contribution in [0.1, 0.15) is 20.3 Å². The summed E-state index contributed by atoms with van der Waals surface area (Å²) in [4.78, 5) is 16.6. The molecule has 0 spiro atoms. The molecule has 1 saturated heterocycles. The Morgan fingerprint density at radius 1 is 0.560 bits per heavy atom. The van der Waals surface area contributed by atoms with Crippen molar-refractivity contribution in [3.05, 3.63) is 125 Å². The van der Waals surface area contributed by atoms with Crippen molar-refractivity contribution in [2.75, 3.05) is 13.2 Å². The van der Waals surface area contributed by atoms with Gasteiger partial charge in [0.15, 0.2) is 16.3 Å². The molecule has 50 heavy (non-hydrogen) atoms. The highest BCUT2D eigenvalue weighted by Crippen LogP contribution is 2.34. The predicted molar refractivity (Wildman–Crippen MR) is 202 cm³/mol. The Kier molecular flexibility index (Phi) is 12.8. The summed E-state index contributed by atoms with van der Waals surface area (Å²) in [5.74, 6) is 0. The van der Waals surface area contributed by atoms with Crippen LogP contribution in [0.5, 0.6) is 0 Å². The number of benzene rings is 4. The zero-order valence-electron chi connectivity index (χ0n) is 25.8. The molecule has 9 rings (SSSR count). The first-order valence-electron chi connectivity index (χ1n) is 15.3. The fraction of sp³-hybridized carbons (Fsp3) is 0.135. The van der Waals surface area contributed by atoms with Crippen LogP contribution in [0, 0.1) is 0 Å². The number of ether oxygens (including phenoxy) is 1. The molecule has 1 fully saturated rings. The Balaban J connectivity index is 0.000000142. The van der Waals surface area contributed by atoms with Gasteiger partial charge in [-0.2, -0.15) is 0 Å². The molecular formula is C37H32BCl3N4O5. The van der Waals surface area contributed by atoms with Gasteiger partial charge in [-0.1, -0.05) is 104 Å². The first kappa shape index (κ1) is 36.7. The number of fused-ring (bicyclic) bond motifs is 6. The smallest absolute Gasteiger partial charge is 0.452 e. The number of rotatable bonds is 2. The summed E-state index contributed by atoms with van der Waals surface area (Å²) in [7, 11) is -1.34. The average Bonchev–Trinajstić information content (AvgIpc) is 3.90. The lowest BCUT2D eigenvalue weighted by molar-refractivity contribution is 0.198. The molecule has 13 heteroatoms. The average molecular weight is 730 g/mol. The van der Waals surface area contributed by atoms with E-state index in [9.17, 15) is 0 Å². The van der Waals surface area contributed by atoms with Crippen LogP contribution in [0.3, 0.4) is 0 Å². The highest BCUT2D eigenvalue weighted by molar-refractivity contribution is 6.58. The molecule has 4 aromatic heterocycles. The van der Waals surface area contributed by atoms with Crippen molar-refractivity contribution >= 4 is 91.5 Å². The Hall–Kier alpha value is -4.55. The summed E-state index contributed by atoms with van der Waals surface area (Å²) >= 11 is 17.7. The van der Waals surface area contributed by atoms with Crippen molar-refractivity contribution in [2.45, 2.75) is 20.3 Å². The molecule has 0 amide bonds. The maximum Gasteiger partial charge on any atom is 0.488 e. The number of nitrogens with zero attached hydrogens (tertiary/aromatic N) is 4. The quantitative estimate of drug-likeness (QED) is 0.102. The van der Waals surface area contributed by atoms with E-state index in [0.29, 0.717) is 22.1 Å². The normalized spacial score (nSPS) is 11.9. The summed E-state index contributed by atoms with van der Waals surface area (Å²) in [5, 5.41) is 19.6. The Morgan fingerprint density at radius 2 is 1.04 bits per heavy atom. The van der Waals surface area contributed by atoms with Gasteiger partial charge in [0.2, 0.25) is 10.6 Å². The van der Waals surface area contributed by atoms with Crippen molar-refractivity contribution in [1.29, 1.82) is 0 Å². The van der Waals surface area contributed by atoms with E-state index in [4.69, 9.17) is 58.4 Å². The minimum atomic E-state index is -1.34. The molecule has 0 aliphatic carbocycles. The first-order chi connectivity index (χ1) is 23.9. The number of hydrogen-bond acceptors (Lipinski definition) is 9. The van der Waals surface area contributed by atoms with Gasteiger partial charge < -0.3 is 23.6 Å². The molecule has 1 aliphatic rings. The molecule has 0 saturated carbocycles. The van der Waals surface area contributed by atoms with E-state index < -0.39 is 7.12 Å². The van der Waals surface area contributed by atoms with Gasteiger partial charge in [-0.3, -0.25) is 0 Å². The summed E-state index contributed by atoms with van der Waals surface area (Å²) in [5.41, 5.74) is 6.26. The number of aromatic nitrogens is 4. The van der Waals surface area contributed by atoms with Gasteiger partial charge in [0.25, 0.3) is 0 Å². The summed E-state index contributed by atoms with van der Waals surface area (Å²) in [6.45, 7) is 2.00. The van der Waals surface area contributed by atoms with Crippen LogP contribution >= 0.6 is 34.8 Å². The van der Waals surface area contributed by atoms with Crippen LogP contribution in [0.15, 0.2) is 118 Å². The van der Waals surface area contributed by atoms with Gasteiger partial charge in [0.05, 0.1) is 0 Å². The van der Waals surface area contributed by atoms with Gasteiger partial charge in [0, 0.05) is 29.5 Å². The Labute approximate surface area is 303 Å². The van der Waals surface area contributed by atoms with Crippen LogP contribution < -0.4 is 5.46 Å². The van der Waals surface area contributed by atoms with Crippen LogP contribution in [0.2, 0.25) is 15.7 Å². The van der Waals surface area contributed by atoms with Crippen molar-refractivity contribution in [2.24, 2.45) is 0 Å². The Bertz CT molecular complexity index is 2290. The molecule has 8 aromatic rings. The predicted octanol–water partition coefficient (Wildman–Crippen LogP) is 9.18. The molecule has 2 N–H and O–H groups in total. The number of hydrogen-bond donors (Lipinski definition) is 2. The highest BCUT2D eigenvalue weighted by Gasteiger charge is 2.16. The second-order valence-corrected chi connectivity index (χ2v) is 11.7. The zero-order valence-corrected chi connectivity index (χ0v) is 28.1. The lowest BCUT2D eigenvalue weighted by atomic mass is 9.81. The third kappa shape index (κ3) is 8.78. The lowest BCUT2D eigenvalue weighted by Gasteiger charge is -2.01. The lowest BCUT2D eigenvalue weighted by Crippen LogP contribution is -2.29. The summed E-state index contributed by atoms with van der Waals surface area (Å²) < 4.78 is 16.4. The SMILES string of the molecule is C.C1CCOC1.Clc1nc(-c2ccccc2)c2oc3ccccc3c2n1.Clc1nc(Cl)c2oc3ccccc3c2n1.OB(O)c1ccccc1. The molecule has 0 atom stereocenters. The minimum absolute atomic E-state index is 0. The van der Waals surface area contributed by atoms with Gasteiger partial charge in [0.1, 0.15) is 27.9 Å². The van der Waals surface area contributed by atoms with E-state index in [-0.39, 0.29) is 23.1 Å². The number of furan rings is 2. The van der Waals surface area contributed by atoms with Gasteiger partial charge >= 0.3 is 7.12 Å². The largest absolute Gasteiger partial charge is 0.488 e. The molecule has 4 aromatic carbocycles. The Morgan fingerprint density at radius 3 is 1.56 bits per heavy atom. The standard InChI is InChI=1S/C16H9ClN2O.C10H4Cl2N2O.C6H7BO2.C4H8O.CH4/c17-16-18-13(10-6-2-1-3-7-10)15-14(19-16)11-8-4-5-9-12(11)20-15;11-9-8-7(13-10(12)14-9)5-3-1-2-4-6(5)15-8;8-7(9)6-4-2-1-3-5-6;1-2-4-5-3-1;/h1-9H;1-4H;1-5,8-9H;1-4H2;1H4. The van der Waals surface area contributed by atoms with Gasteiger partial charge in [-0.05, 0) is 65.8 Å². The molecule has 0 radical (unpaired) electrons. The van der Waals surface area contributed by atoms with Crippen LogP contribution in [0.25, 0.3) is 55.4 Å². The molecule has 9 nitrogen and oxygen atoms in total. The van der Waals surface area contributed by atoms with Gasteiger partial charge in [-0.25, -0.2) is 19.9 Å². The van der Waals surface area contributed by atoms with Crippen molar-refractivity contribution in [3.63, 3.8) is 0 Å². The first-order valence-corrected chi connectivity index (χ1v) is 16.4. The topological polar surface area (TPSA) is 128 Å². The second kappa shape index (κ2) is 17.4. The minimum Gasteiger partial charge on any atom is -0.452 e. The molecule has 0 unspecified atom stereocenters. The molecular weight excluding hydrogens is 698 g/mol. The van der Waals surface area contributed by atoms with Crippen molar-refractivity contribution in [1.82, 2.24) is 19.9 Å². The van der Waals surface area contributed by atoms with Crippen molar-refractivity contribution < 1.29 is 23.6 Å². The van der Waals surface area contributed by atoms with Gasteiger partial charge in [-0.15, -0.1) is 0 Å². The second-order valence-electron chi connectivity index (χ2n) is 10.6. The number of halogens is 3. The highest BCUT2D eigenvalue weighted by atomic mass is 35.5. The maximum absolute atomic E-state index is 8.58. The molecule has 5 heterocycles. The van der Waals surface area contributed by atoms with E-state index in [1.165, 1.54) is 12.8 Å². The monoisotopic (exact) mass is 728 g/mol.